The molecule has 0 radical (unpaired) electrons. The second kappa shape index (κ2) is 16.0. The molecule has 8 nitrogen and oxygen atoms in total. The largest absolute Gasteiger partial charge is 0.454 e. The van der Waals surface area contributed by atoms with E-state index in [0.29, 0.717) is 18.9 Å². The van der Waals surface area contributed by atoms with Crippen LogP contribution in [0, 0.1) is 17.8 Å². The van der Waals surface area contributed by atoms with Crippen molar-refractivity contribution in [3.05, 3.63) is 35.9 Å². The molecule has 1 aliphatic heterocycles. The molecule has 1 saturated heterocycles. The van der Waals surface area contributed by atoms with E-state index in [9.17, 15) is 14.4 Å². The highest BCUT2D eigenvalue weighted by Gasteiger charge is 2.40. The van der Waals surface area contributed by atoms with Gasteiger partial charge < -0.3 is 25.4 Å². The molecule has 7 atom stereocenters. The fraction of sp³-hybridized carbons (Fsp3) is 0.710. The van der Waals surface area contributed by atoms with E-state index in [0.717, 1.165) is 37.7 Å². The minimum Gasteiger partial charge on any atom is -0.454 e. The van der Waals surface area contributed by atoms with Crippen LogP contribution < -0.4 is 11.1 Å². The number of hydrogen-bond acceptors (Lipinski definition) is 6. The van der Waals surface area contributed by atoms with Gasteiger partial charge >= 0.3 is 5.97 Å². The first-order valence-corrected chi connectivity index (χ1v) is 14.6. The number of nitrogens with one attached hydrogen (secondary N) is 1. The van der Waals surface area contributed by atoms with Crippen molar-refractivity contribution >= 4 is 17.8 Å². The maximum Gasteiger partial charge on any atom is 0.323 e. The maximum atomic E-state index is 13.5. The van der Waals surface area contributed by atoms with Crippen LogP contribution >= 0.6 is 0 Å². The van der Waals surface area contributed by atoms with Gasteiger partial charge in [-0.3, -0.25) is 14.4 Å². The fourth-order valence-corrected chi connectivity index (χ4v) is 5.25. The zero-order valence-corrected chi connectivity index (χ0v) is 25.0. The van der Waals surface area contributed by atoms with Gasteiger partial charge in [0.2, 0.25) is 11.8 Å². The Labute approximate surface area is 235 Å². The number of likely N-dealkylation sites (tertiary alicyclic amines) is 1. The van der Waals surface area contributed by atoms with Crippen LogP contribution in [0.15, 0.2) is 30.3 Å². The Morgan fingerprint density at radius 3 is 2.36 bits per heavy atom. The fourth-order valence-electron chi connectivity index (χ4n) is 5.25. The zero-order chi connectivity index (χ0) is 29.1. The van der Waals surface area contributed by atoms with Gasteiger partial charge in [-0.25, -0.2) is 0 Å². The number of carbonyl (C=O) groups excluding carboxylic acids is 3. The third kappa shape index (κ3) is 9.31. The molecule has 0 saturated carbocycles. The third-order valence-corrected chi connectivity index (χ3v) is 8.15. The molecule has 0 spiro atoms. The van der Waals surface area contributed by atoms with Gasteiger partial charge in [0.25, 0.3) is 0 Å². The van der Waals surface area contributed by atoms with E-state index >= 15 is 0 Å². The average molecular weight is 546 g/mol. The summed E-state index contributed by atoms with van der Waals surface area (Å²) in [6.45, 7) is 12.5. The highest BCUT2D eigenvalue weighted by Crippen LogP contribution is 2.29. The summed E-state index contributed by atoms with van der Waals surface area (Å²) < 4.78 is 11.7. The number of hydrogen-bond donors (Lipinski definition) is 2. The number of methoxy groups -OCH3 is 1. The molecule has 0 unspecified atom stereocenters. The molecule has 1 heterocycles. The van der Waals surface area contributed by atoms with Crippen LogP contribution in [0.3, 0.4) is 0 Å². The van der Waals surface area contributed by atoms with E-state index in [1.165, 1.54) is 0 Å². The normalized spacial score (nSPS) is 20.1. The number of nitrogens with zero attached hydrogens (tertiary/aromatic N) is 1. The van der Waals surface area contributed by atoms with E-state index in [1.807, 2.05) is 62.9 Å². The highest BCUT2D eigenvalue weighted by molar-refractivity contribution is 5.80. The number of carbonyl (C=O) groups is 3. The molecular weight excluding hydrogens is 494 g/mol. The van der Waals surface area contributed by atoms with Crippen molar-refractivity contribution in [3.8, 4) is 0 Å². The predicted molar refractivity (Wildman–Crippen MR) is 154 cm³/mol. The molecule has 0 aromatic heterocycles. The number of nitrogens with two attached hydrogens (primary N) is 1. The first-order chi connectivity index (χ1) is 18.5. The van der Waals surface area contributed by atoms with Crippen LogP contribution in [0.4, 0.5) is 0 Å². The Balaban J connectivity index is 2.10. The van der Waals surface area contributed by atoms with Gasteiger partial charge in [-0.1, -0.05) is 77.8 Å². The van der Waals surface area contributed by atoms with E-state index in [1.54, 1.807) is 7.11 Å². The lowest BCUT2D eigenvalue weighted by Crippen LogP contribution is -2.51. The Bertz CT molecular complexity index is 909. The topological polar surface area (TPSA) is 111 Å². The van der Waals surface area contributed by atoms with Gasteiger partial charge in [-0.2, -0.15) is 0 Å². The van der Waals surface area contributed by atoms with Crippen molar-refractivity contribution in [1.29, 1.82) is 0 Å². The number of amides is 2. The second-order valence-electron chi connectivity index (χ2n) is 11.5. The quantitative estimate of drug-likeness (QED) is 0.311. The number of rotatable bonds is 15. The molecule has 1 aromatic rings. The Morgan fingerprint density at radius 2 is 1.77 bits per heavy atom. The summed E-state index contributed by atoms with van der Waals surface area (Å²) in [7, 11) is 1.60. The van der Waals surface area contributed by atoms with Crippen LogP contribution in [0.2, 0.25) is 0 Å². The minimum absolute atomic E-state index is 0.0755. The molecule has 8 heteroatoms. The molecule has 0 bridgehead atoms. The van der Waals surface area contributed by atoms with Crippen molar-refractivity contribution in [2.75, 3.05) is 13.7 Å². The molecule has 2 amide bonds. The molecule has 2 rings (SSSR count). The summed E-state index contributed by atoms with van der Waals surface area (Å²) in [6.07, 6.45) is 4.13. The summed E-state index contributed by atoms with van der Waals surface area (Å²) in [4.78, 5) is 41.2. The second-order valence-corrected chi connectivity index (χ2v) is 11.5. The predicted octanol–water partition coefficient (Wildman–Crippen LogP) is 4.62. The summed E-state index contributed by atoms with van der Waals surface area (Å²) in [5.41, 5.74) is 6.82. The molecule has 220 valence electrons. The monoisotopic (exact) mass is 545 g/mol. The third-order valence-electron chi connectivity index (χ3n) is 8.15. The van der Waals surface area contributed by atoms with E-state index < -0.39 is 36.2 Å². The molecule has 39 heavy (non-hydrogen) atoms. The SMILES string of the molecule is CC[C@H](C)CCCC(=O)N1CCC[C@H]1[C@H](OC)[C@@H](C)C(=O)N[C@H](C)[C@@H](OC(=O)[C@@H](N)C(C)C)c1ccccc1. The molecular formula is C31H51N3O5. The van der Waals surface area contributed by atoms with Gasteiger partial charge in [0.05, 0.1) is 24.1 Å². The van der Waals surface area contributed by atoms with Gasteiger partial charge in [0, 0.05) is 20.1 Å². The van der Waals surface area contributed by atoms with Crippen molar-refractivity contribution in [3.63, 3.8) is 0 Å². The number of benzene rings is 1. The van der Waals surface area contributed by atoms with Crippen LogP contribution in [-0.2, 0) is 23.9 Å². The smallest absolute Gasteiger partial charge is 0.323 e. The van der Waals surface area contributed by atoms with Crippen LogP contribution in [-0.4, -0.2) is 60.6 Å². The van der Waals surface area contributed by atoms with Crippen molar-refractivity contribution in [2.45, 2.75) is 110 Å². The standard InChI is InChI=1S/C31H51N3O5/c1-8-21(4)14-12-18-26(35)34-19-13-17-25(34)28(38-7)22(5)30(36)33-23(6)29(24-15-10-9-11-16-24)39-31(37)27(32)20(2)3/h9-11,15-16,20-23,25,27-29H,8,12-14,17-19,32H2,1-7H3,(H,33,36)/t21-,22+,23+,25-,27-,28+,29+/m0/s1. The zero-order valence-electron chi connectivity index (χ0n) is 25.0. The Morgan fingerprint density at radius 1 is 1.10 bits per heavy atom. The minimum atomic E-state index is -0.757. The van der Waals surface area contributed by atoms with E-state index in [4.69, 9.17) is 15.2 Å². The average Bonchev–Trinajstić information content (AvgIpc) is 3.41. The van der Waals surface area contributed by atoms with Gasteiger partial charge in [-0.15, -0.1) is 0 Å². The highest BCUT2D eigenvalue weighted by atomic mass is 16.5. The Hall–Kier alpha value is -2.45. The first-order valence-electron chi connectivity index (χ1n) is 14.6. The molecule has 1 aromatic carbocycles. The Kier molecular flexibility index (Phi) is 13.4. The molecule has 3 N–H and O–H groups in total. The van der Waals surface area contributed by atoms with Gasteiger partial charge in [-0.05, 0) is 43.6 Å². The van der Waals surface area contributed by atoms with Crippen LogP contribution in [0.25, 0.3) is 0 Å². The summed E-state index contributed by atoms with van der Waals surface area (Å²) in [5.74, 6) is -0.549. The van der Waals surface area contributed by atoms with Crippen LogP contribution in [0.5, 0.6) is 0 Å². The number of esters is 1. The summed E-state index contributed by atoms with van der Waals surface area (Å²) >= 11 is 0. The van der Waals surface area contributed by atoms with Crippen molar-refractivity contribution in [2.24, 2.45) is 23.5 Å². The first kappa shape index (κ1) is 32.8. The molecule has 1 fully saturated rings. The maximum absolute atomic E-state index is 13.5. The van der Waals surface area contributed by atoms with E-state index in [-0.39, 0.29) is 23.8 Å². The lowest BCUT2D eigenvalue weighted by atomic mass is 9.93. The summed E-state index contributed by atoms with van der Waals surface area (Å²) in [5, 5.41) is 3.05. The number of ether oxygens (including phenoxy) is 2. The van der Waals surface area contributed by atoms with E-state index in [2.05, 4.69) is 19.2 Å². The lowest BCUT2D eigenvalue weighted by molar-refractivity contribution is -0.155. The van der Waals surface area contributed by atoms with Gasteiger partial charge in [0.15, 0.2) is 0 Å². The van der Waals surface area contributed by atoms with Crippen molar-refractivity contribution in [1.82, 2.24) is 10.2 Å². The van der Waals surface area contributed by atoms with Crippen molar-refractivity contribution < 1.29 is 23.9 Å². The lowest BCUT2D eigenvalue weighted by Gasteiger charge is -2.35. The summed E-state index contributed by atoms with van der Waals surface area (Å²) in [6, 6.07) is 7.94. The molecule has 0 aliphatic carbocycles. The van der Waals surface area contributed by atoms with Gasteiger partial charge in [0.1, 0.15) is 12.1 Å². The van der Waals surface area contributed by atoms with Crippen LogP contribution in [0.1, 0.15) is 91.7 Å². The molecule has 1 aliphatic rings.